The number of hydrogen-bond acceptors (Lipinski definition) is 7. The molecule has 1 heterocycles. The number of carbonyl (C=O) groups excluding carboxylic acids is 2. The number of nitrogens with two attached hydrogens (primary N) is 1. The lowest BCUT2D eigenvalue weighted by Crippen LogP contribution is -2.48. The first kappa shape index (κ1) is 18.2. The van der Waals surface area contributed by atoms with Crippen molar-refractivity contribution in [1.29, 1.82) is 0 Å². The molecule has 10 heteroatoms. The molecule has 0 saturated heterocycles. The molecule has 1 fully saturated rings. The molecule has 0 radical (unpaired) electrons. The maximum absolute atomic E-state index is 11.9. The normalized spacial score (nSPS) is 20.4. The second-order valence-electron chi connectivity index (χ2n) is 5.92. The number of amides is 3. The minimum absolute atomic E-state index is 0.0939. The summed E-state index contributed by atoms with van der Waals surface area (Å²) < 4.78 is 0.837. The summed E-state index contributed by atoms with van der Waals surface area (Å²) in [7, 11) is 0. The number of aromatic nitrogens is 3. The van der Waals surface area contributed by atoms with Crippen molar-refractivity contribution in [2.24, 2.45) is 5.92 Å². The van der Waals surface area contributed by atoms with Crippen LogP contribution in [0.1, 0.15) is 38.3 Å². The van der Waals surface area contributed by atoms with Crippen LogP contribution in [-0.4, -0.2) is 38.6 Å². The minimum Gasteiger partial charge on any atom is -0.335 e. The number of nitrogens with one attached hydrogen (secondary N) is 2. The number of hydrogen-bond donors (Lipinski definition) is 3. The SMILES string of the molecule is Cc1nnc(SCC(=O)NC(=O)N[C@@H]2CCCC[C@H]2C)n(N)c1=O. The third kappa shape index (κ3) is 4.70. The predicted molar refractivity (Wildman–Crippen MR) is 90.0 cm³/mol. The number of urea groups is 1. The molecule has 132 valence electrons. The zero-order chi connectivity index (χ0) is 17.7. The Balaban J connectivity index is 1.82. The summed E-state index contributed by atoms with van der Waals surface area (Å²) in [6.07, 6.45) is 4.26. The number of nitrogens with zero attached hydrogens (tertiary/aromatic N) is 3. The first-order chi connectivity index (χ1) is 11.4. The van der Waals surface area contributed by atoms with Gasteiger partial charge in [0.15, 0.2) is 0 Å². The summed E-state index contributed by atoms with van der Waals surface area (Å²) in [5.74, 6) is 5.40. The Kier molecular flexibility index (Phi) is 6.18. The number of carbonyl (C=O) groups is 2. The Morgan fingerprint density at radius 1 is 1.33 bits per heavy atom. The van der Waals surface area contributed by atoms with E-state index in [0.717, 1.165) is 35.7 Å². The maximum Gasteiger partial charge on any atom is 0.321 e. The highest BCUT2D eigenvalue weighted by Crippen LogP contribution is 2.23. The molecule has 2 rings (SSSR count). The van der Waals surface area contributed by atoms with Gasteiger partial charge in [0.2, 0.25) is 11.1 Å². The number of imide groups is 1. The van der Waals surface area contributed by atoms with Gasteiger partial charge in [-0.3, -0.25) is 14.9 Å². The van der Waals surface area contributed by atoms with Gasteiger partial charge >= 0.3 is 6.03 Å². The van der Waals surface area contributed by atoms with Gasteiger partial charge in [0.05, 0.1) is 5.75 Å². The average Bonchev–Trinajstić information content (AvgIpc) is 2.54. The van der Waals surface area contributed by atoms with Crippen LogP contribution in [0.4, 0.5) is 4.79 Å². The van der Waals surface area contributed by atoms with Crippen LogP contribution in [-0.2, 0) is 4.79 Å². The molecular weight excluding hydrogens is 332 g/mol. The lowest BCUT2D eigenvalue weighted by molar-refractivity contribution is -0.117. The van der Waals surface area contributed by atoms with Gasteiger partial charge < -0.3 is 11.2 Å². The lowest BCUT2D eigenvalue weighted by atomic mass is 9.86. The number of nitrogen functional groups attached to an aromatic ring is 1. The molecule has 2 atom stereocenters. The fourth-order valence-corrected chi connectivity index (χ4v) is 3.25. The van der Waals surface area contributed by atoms with Crippen molar-refractivity contribution >= 4 is 23.7 Å². The summed E-state index contributed by atoms with van der Waals surface area (Å²) in [5.41, 5.74) is -0.302. The van der Waals surface area contributed by atoms with Gasteiger partial charge in [-0.2, -0.15) is 4.68 Å². The summed E-state index contributed by atoms with van der Waals surface area (Å²) in [5, 5.41) is 12.7. The van der Waals surface area contributed by atoms with Gasteiger partial charge in [-0.15, -0.1) is 10.2 Å². The number of aryl methyl sites for hydroxylation is 1. The third-order valence-corrected chi connectivity index (χ3v) is 4.98. The average molecular weight is 354 g/mol. The third-order valence-electron chi connectivity index (χ3n) is 4.03. The lowest BCUT2D eigenvalue weighted by Gasteiger charge is -2.29. The molecule has 1 aromatic heterocycles. The van der Waals surface area contributed by atoms with Gasteiger partial charge in [0.25, 0.3) is 5.56 Å². The summed E-state index contributed by atoms with van der Waals surface area (Å²) >= 11 is 0.939. The van der Waals surface area contributed by atoms with Gasteiger partial charge in [-0.25, -0.2) is 4.79 Å². The highest BCUT2D eigenvalue weighted by atomic mass is 32.2. The topological polar surface area (TPSA) is 132 Å². The van der Waals surface area contributed by atoms with Crippen LogP contribution in [0, 0.1) is 12.8 Å². The van der Waals surface area contributed by atoms with Gasteiger partial charge in [-0.05, 0) is 25.7 Å². The molecule has 4 N–H and O–H groups in total. The highest BCUT2D eigenvalue weighted by molar-refractivity contribution is 7.99. The van der Waals surface area contributed by atoms with Crippen LogP contribution in [0.3, 0.4) is 0 Å². The molecular formula is C14H22N6O3S. The van der Waals surface area contributed by atoms with Crippen molar-refractivity contribution in [2.75, 3.05) is 11.6 Å². The van der Waals surface area contributed by atoms with Crippen molar-refractivity contribution in [2.45, 2.75) is 50.7 Å². The molecule has 0 aromatic carbocycles. The number of rotatable bonds is 4. The van der Waals surface area contributed by atoms with Crippen LogP contribution in [0.25, 0.3) is 0 Å². The van der Waals surface area contributed by atoms with E-state index < -0.39 is 17.5 Å². The standard InChI is InChI=1S/C14H22N6O3S/c1-8-5-3-4-6-10(8)16-13(23)17-11(21)7-24-14-19-18-9(2)12(22)20(14)15/h8,10H,3-7,15H2,1-2H3,(H2,16,17,21,23)/t8-,10-/m1/s1. The first-order valence-corrected chi connectivity index (χ1v) is 8.81. The van der Waals surface area contributed by atoms with Gasteiger partial charge in [-0.1, -0.05) is 31.5 Å². The summed E-state index contributed by atoms with van der Waals surface area (Å²) in [6, 6.07) is -0.407. The van der Waals surface area contributed by atoms with E-state index >= 15 is 0 Å². The molecule has 1 aliphatic carbocycles. The predicted octanol–water partition coefficient (Wildman–Crippen LogP) is 0.157. The molecule has 3 amide bonds. The second-order valence-corrected chi connectivity index (χ2v) is 6.86. The smallest absolute Gasteiger partial charge is 0.321 e. The Hall–Kier alpha value is -2.10. The molecule has 1 aliphatic rings. The summed E-state index contributed by atoms with van der Waals surface area (Å²) in [4.78, 5) is 35.3. The van der Waals surface area contributed by atoms with Crippen LogP contribution in [0.5, 0.6) is 0 Å². The zero-order valence-electron chi connectivity index (χ0n) is 13.7. The molecule has 9 nitrogen and oxygen atoms in total. The van der Waals surface area contributed by atoms with Crippen molar-refractivity contribution in [3.05, 3.63) is 16.0 Å². The first-order valence-electron chi connectivity index (χ1n) is 7.83. The Labute approximate surface area is 143 Å². The molecule has 1 aromatic rings. The van der Waals surface area contributed by atoms with E-state index in [9.17, 15) is 14.4 Å². The second kappa shape index (κ2) is 8.13. The molecule has 1 saturated carbocycles. The van der Waals surface area contributed by atoms with E-state index in [1.54, 1.807) is 0 Å². The largest absolute Gasteiger partial charge is 0.335 e. The highest BCUT2D eigenvalue weighted by Gasteiger charge is 2.23. The van der Waals surface area contributed by atoms with Crippen LogP contribution >= 0.6 is 11.8 Å². The monoisotopic (exact) mass is 354 g/mol. The van der Waals surface area contributed by atoms with Crippen LogP contribution < -0.4 is 22.0 Å². The van der Waals surface area contributed by atoms with Crippen LogP contribution in [0.2, 0.25) is 0 Å². The van der Waals surface area contributed by atoms with E-state index in [1.165, 1.54) is 13.3 Å². The quantitative estimate of drug-likeness (QED) is 0.518. The zero-order valence-corrected chi connectivity index (χ0v) is 14.6. The molecule has 0 bridgehead atoms. The van der Waals surface area contributed by atoms with E-state index in [1.807, 2.05) is 0 Å². The Morgan fingerprint density at radius 2 is 2.04 bits per heavy atom. The van der Waals surface area contributed by atoms with Crippen molar-refractivity contribution in [3.8, 4) is 0 Å². The fraction of sp³-hybridized carbons (Fsp3) is 0.643. The van der Waals surface area contributed by atoms with Gasteiger partial charge in [0, 0.05) is 6.04 Å². The Morgan fingerprint density at radius 3 is 2.75 bits per heavy atom. The minimum atomic E-state index is -0.500. The van der Waals surface area contributed by atoms with E-state index in [4.69, 9.17) is 5.84 Å². The van der Waals surface area contributed by atoms with E-state index in [-0.39, 0.29) is 22.6 Å². The van der Waals surface area contributed by atoms with Crippen molar-refractivity contribution < 1.29 is 9.59 Å². The van der Waals surface area contributed by atoms with E-state index in [0.29, 0.717) is 5.92 Å². The van der Waals surface area contributed by atoms with Gasteiger partial charge in [0.1, 0.15) is 5.69 Å². The van der Waals surface area contributed by atoms with Crippen molar-refractivity contribution in [3.63, 3.8) is 0 Å². The number of thioether (sulfide) groups is 1. The molecule has 0 aliphatic heterocycles. The fourth-order valence-electron chi connectivity index (χ4n) is 2.60. The van der Waals surface area contributed by atoms with Crippen molar-refractivity contribution in [1.82, 2.24) is 25.5 Å². The Bertz CT molecular complexity index is 677. The summed E-state index contributed by atoms with van der Waals surface area (Å²) in [6.45, 7) is 3.59. The van der Waals surface area contributed by atoms with Crippen LogP contribution in [0.15, 0.2) is 9.95 Å². The van der Waals surface area contributed by atoms with E-state index in [2.05, 4.69) is 27.8 Å². The molecule has 0 spiro atoms. The molecule has 0 unspecified atom stereocenters. The maximum atomic E-state index is 11.9. The molecule has 24 heavy (non-hydrogen) atoms.